The first-order valence-electron chi connectivity index (χ1n) is 11.2. The van der Waals surface area contributed by atoms with E-state index >= 15 is 0 Å². The van der Waals surface area contributed by atoms with Gasteiger partial charge in [0.15, 0.2) is 0 Å². The number of amides is 1. The highest BCUT2D eigenvalue weighted by molar-refractivity contribution is 7.90. The van der Waals surface area contributed by atoms with Crippen LogP contribution in [0.1, 0.15) is 56.2 Å². The monoisotopic (exact) mass is 543 g/mol. The second-order valence-electron chi connectivity index (χ2n) is 9.51. The number of rotatable bonds is 8. The van der Waals surface area contributed by atoms with Crippen LogP contribution in [0, 0.1) is 11.2 Å². The molecule has 1 N–H and O–H groups in total. The Kier molecular flexibility index (Phi) is 8.19. The van der Waals surface area contributed by atoms with Crippen molar-refractivity contribution in [2.24, 2.45) is 5.41 Å². The molecule has 0 aliphatic carbocycles. The Morgan fingerprint density at radius 2 is 1.80 bits per heavy atom. The van der Waals surface area contributed by atoms with Gasteiger partial charge in [0, 0.05) is 28.3 Å². The summed E-state index contributed by atoms with van der Waals surface area (Å²) in [4.78, 5) is 27.2. The Bertz CT molecular complexity index is 1200. The standard InChI is InChI=1S/C25H28Cl2FNO5S/c1-4-20(14-35(3,33)34)29-23(15-5-7-17(26)8-6-15)21(16-9-18(27)11-19(28)10-16)12-25(2,24(29)32)13-22(30)31/h5-11,20-21,23H,4,12-14H2,1-3H3,(H,30,31)/t20?,21-,23-,25-/m1/s1. The average molecular weight is 544 g/mol. The zero-order valence-corrected chi connectivity index (χ0v) is 22.0. The molecular formula is C25H28Cl2FNO5S. The van der Waals surface area contributed by atoms with Gasteiger partial charge in [0.25, 0.3) is 0 Å². The third-order valence-electron chi connectivity index (χ3n) is 6.53. The minimum atomic E-state index is -3.49. The quantitative estimate of drug-likeness (QED) is 0.475. The highest BCUT2D eigenvalue weighted by Crippen LogP contribution is 2.52. The molecule has 2 aromatic carbocycles. The van der Waals surface area contributed by atoms with Gasteiger partial charge in [0.05, 0.1) is 23.6 Å². The molecule has 1 aliphatic rings. The van der Waals surface area contributed by atoms with Crippen molar-refractivity contribution in [3.63, 3.8) is 0 Å². The van der Waals surface area contributed by atoms with Crippen molar-refractivity contribution >= 4 is 44.9 Å². The van der Waals surface area contributed by atoms with E-state index in [0.29, 0.717) is 22.6 Å². The van der Waals surface area contributed by atoms with E-state index in [9.17, 15) is 27.5 Å². The van der Waals surface area contributed by atoms with Crippen molar-refractivity contribution in [2.75, 3.05) is 12.0 Å². The fourth-order valence-corrected chi connectivity index (χ4v) is 6.53. The number of piperidine rings is 1. The SMILES string of the molecule is CCC(CS(C)(=O)=O)N1C(=O)[C@@](C)(CC(=O)O)C[C@H](c2cc(F)cc(Cl)c2)[C@H]1c1ccc(Cl)cc1. The smallest absolute Gasteiger partial charge is 0.304 e. The van der Waals surface area contributed by atoms with Gasteiger partial charge < -0.3 is 10.0 Å². The Labute approximate surface area is 215 Å². The zero-order chi connectivity index (χ0) is 26.1. The Hall–Kier alpha value is -2.16. The van der Waals surface area contributed by atoms with Gasteiger partial charge in [-0.25, -0.2) is 12.8 Å². The molecular weight excluding hydrogens is 516 g/mol. The van der Waals surface area contributed by atoms with E-state index in [1.807, 2.05) is 0 Å². The van der Waals surface area contributed by atoms with Crippen molar-refractivity contribution in [3.05, 3.63) is 69.5 Å². The first kappa shape index (κ1) is 27.4. The van der Waals surface area contributed by atoms with Gasteiger partial charge in [-0.1, -0.05) is 49.2 Å². The molecule has 10 heteroatoms. The summed E-state index contributed by atoms with van der Waals surface area (Å²) in [5, 5.41) is 10.3. The first-order chi connectivity index (χ1) is 16.2. The third kappa shape index (κ3) is 6.35. The molecule has 2 aromatic rings. The maximum Gasteiger partial charge on any atom is 0.304 e. The number of carboxylic acids is 1. The maximum absolute atomic E-state index is 14.4. The van der Waals surface area contributed by atoms with Gasteiger partial charge >= 0.3 is 5.97 Å². The molecule has 1 heterocycles. The molecule has 1 unspecified atom stereocenters. The van der Waals surface area contributed by atoms with Crippen molar-refractivity contribution in [3.8, 4) is 0 Å². The molecule has 0 bridgehead atoms. The zero-order valence-electron chi connectivity index (χ0n) is 19.7. The van der Waals surface area contributed by atoms with Crippen LogP contribution in [0.4, 0.5) is 4.39 Å². The van der Waals surface area contributed by atoms with E-state index in [1.165, 1.54) is 17.0 Å². The Balaban J connectivity index is 2.29. The number of sulfone groups is 1. The van der Waals surface area contributed by atoms with Gasteiger partial charge in [-0.15, -0.1) is 0 Å². The lowest BCUT2D eigenvalue weighted by Crippen LogP contribution is -2.57. The molecule has 0 spiro atoms. The number of likely N-dealkylation sites (tertiary alicyclic amines) is 1. The average Bonchev–Trinajstić information content (AvgIpc) is 2.72. The van der Waals surface area contributed by atoms with E-state index in [2.05, 4.69) is 0 Å². The fourth-order valence-electron chi connectivity index (χ4n) is 5.08. The number of benzene rings is 2. The summed E-state index contributed by atoms with van der Waals surface area (Å²) in [6, 6.07) is 9.50. The molecule has 1 fully saturated rings. The largest absolute Gasteiger partial charge is 0.481 e. The number of aliphatic carboxylic acids is 1. The summed E-state index contributed by atoms with van der Waals surface area (Å²) in [5.41, 5.74) is -0.168. The van der Waals surface area contributed by atoms with Crippen molar-refractivity contribution in [2.45, 2.75) is 51.1 Å². The molecule has 6 nitrogen and oxygen atoms in total. The van der Waals surface area contributed by atoms with Crippen LogP contribution in [-0.4, -0.2) is 48.4 Å². The number of hydrogen-bond acceptors (Lipinski definition) is 4. The summed E-state index contributed by atoms with van der Waals surface area (Å²) in [6.45, 7) is 3.34. The Morgan fingerprint density at radius 3 is 2.31 bits per heavy atom. The topological polar surface area (TPSA) is 91.8 Å². The summed E-state index contributed by atoms with van der Waals surface area (Å²) in [7, 11) is -3.49. The summed E-state index contributed by atoms with van der Waals surface area (Å²) in [5.74, 6) is -3.01. The molecule has 0 saturated carbocycles. The van der Waals surface area contributed by atoms with E-state index in [1.54, 1.807) is 44.2 Å². The molecule has 1 amide bonds. The van der Waals surface area contributed by atoms with Crippen molar-refractivity contribution in [1.82, 2.24) is 4.90 Å². The number of carbonyl (C=O) groups excluding carboxylic acids is 1. The lowest BCUT2D eigenvalue weighted by atomic mass is 9.67. The van der Waals surface area contributed by atoms with Crippen LogP contribution in [0.2, 0.25) is 10.0 Å². The van der Waals surface area contributed by atoms with Crippen LogP contribution in [0.15, 0.2) is 42.5 Å². The van der Waals surface area contributed by atoms with Crippen LogP contribution in [-0.2, 0) is 19.4 Å². The van der Waals surface area contributed by atoms with Gasteiger partial charge in [-0.2, -0.15) is 0 Å². The van der Waals surface area contributed by atoms with Crippen molar-refractivity contribution in [1.29, 1.82) is 0 Å². The molecule has 3 rings (SSSR count). The van der Waals surface area contributed by atoms with Crippen LogP contribution in [0.3, 0.4) is 0 Å². The number of carbonyl (C=O) groups is 2. The first-order valence-corrected chi connectivity index (χ1v) is 14.0. The van der Waals surface area contributed by atoms with E-state index < -0.39 is 57.4 Å². The second kappa shape index (κ2) is 10.4. The summed E-state index contributed by atoms with van der Waals surface area (Å²) in [6.07, 6.45) is 1.08. The minimum Gasteiger partial charge on any atom is -0.481 e. The highest BCUT2D eigenvalue weighted by Gasteiger charge is 2.52. The second-order valence-corrected chi connectivity index (χ2v) is 12.6. The number of carboxylic acid groups (broad SMARTS) is 1. The molecule has 0 aromatic heterocycles. The third-order valence-corrected chi connectivity index (χ3v) is 7.99. The summed E-state index contributed by atoms with van der Waals surface area (Å²) < 4.78 is 39.0. The maximum atomic E-state index is 14.4. The van der Waals surface area contributed by atoms with Gasteiger partial charge in [0.2, 0.25) is 5.91 Å². The van der Waals surface area contributed by atoms with Crippen LogP contribution in [0.5, 0.6) is 0 Å². The lowest BCUT2D eigenvalue weighted by Gasteiger charge is -2.51. The van der Waals surface area contributed by atoms with Crippen LogP contribution in [0.25, 0.3) is 0 Å². The molecule has 35 heavy (non-hydrogen) atoms. The predicted molar refractivity (Wildman–Crippen MR) is 134 cm³/mol. The predicted octanol–water partition coefficient (Wildman–Crippen LogP) is 5.49. The number of hydrogen-bond donors (Lipinski definition) is 1. The molecule has 4 atom stereocenters. The molecule has 190 valence electrons. The molecule has 1 aliphatic heterocycles. The van der Waals surface area contributed by atoms with E-state index in [-0.39, 0.29) is 17.2 Å². The van der Waals surface area contributed by atoms with E-state index in [0.717, 1.165) is 6.26 Å². The van der Waals surface area contributed by atoms with Crippen LogP contribution >= 0.6 is 23.2 Å². The number of nitrogens with zero attached hydrogens (tertiary/aromatic N) is 1. The Morgan fingerprint density at radius 1 is 1.17 bits per heavy atom. The fraction of sp³-hybridized carbons (Fsp3) is 0.440. The van der Waals surface area contributed by atoms with E-state index in [4.69, 9.17) is 23.2 Å². The minimum absolute atomic E-state index is 0.108. The highest BCUT2D eigenvalue weighted by atomic mass is 35.5. The molecule has 0 radical (unpaired) electrons. The molecule has 1 saturated heterocycles. The summed E-state index contributed by atoms with van der Waals surface area (Å²) >= 11 is 12.3. The van der Waals surface area contributed by atoms with Crippen molar-refractivity contribution < 1.29 is 27.5 Å². The van der Waals surface area contributed by atoms with Gasteiger partial charge in [-0.3, -0.25) is 9.59 Å². The van der Waals surface area contributed by atoms with Gasteiger partial charge in [-0.05, 0) is 54.3 Å². The normalized spacial score (nSPS) is 23.8. The van der Waals surface area contributed by atoms with Gasteiger partial charge in [0.1, 0.15) is 15.7 Å². The lowest BCUT2D eigenvalue weighted by molar-refractivity contribution is -0.160. The number of halogens is 3. The van der Waals surface area contributed by atoms with Crippen LogP contribution < -0.4 is 0 Å².